The predicted molar refractivity (Wildman–Crippen MR) is 32.3 cm³/mol. The highest BCUT2D eigenvalue weighted by molar-refractivity contribution is 7.95. The zero-order valence-electron chi connectivity index (χ0n) is 4.33. The zero-order chi connectivity index (χ0) is 5.98. The smallest absolute Gasteiger partial charge is 0.200 e. The lowest BCUT2D eigenvalue weighted by Crippen LogP contribution is -2.00. The van der Waals surface area contributed by atoms with Crippen LogP contribution in [-0.4, -0.2) is 20.4 Å². The summed E-state index contributed by atoms with van der Waals surface area (Å²) in [6.45, 7) is 0.724. The van der Waals surface area contributed by atoms with E-state index in [9.17, 15) is 4.21 Å². The highest BCUT2D eigenvalue weighted by atomic mass is 32.2. The van der Waals surface area contributed by atoms with Crippen LogP contribution in [0.3, 0.4) is 0 Å². The molecule has 0 spiro atoms. The van der Waals surface area contributed by atoms with Gasteiger partial charge in [0.15, 0.2) is 0 Å². The van der Waals surface area contributed by atoms with E-state index in [-0.39, 0.29) is 0 Å². The van der Waals surface area contributed by atoms with Gasteiger partial charge in [-0.05, 0) is 6.42 Å². The monoisotopic (exact) mass is 133 g/mol. The number of rotatable bonds is 0. The molecule has 0 radical (unpaired) electrons. The summed E-state index contributed by atoms with van der Waals surface area (Å²) in [6, 6.07) is 0. The molecular formula is C4H7NO2S. The van der Waals surface area contributed by atoms with E-state index < -0.39 is 11.1 Å². The Hall–Kier alpha value is -0.220. The summed E-state index contributed by atoms with van der Waals surface area (Å²) < 4.78 is 18.6. The van der Waals surface area contributed by atoms with E-state index in [1.165, 1.54) is 0 Å². The van der Waals surface area contributed by atoms with Crippen LogP contribution in [0.15, 0.2) is 4.99 Å². The summed E-state index contributed by atoms with van der Waals surface area (Å²) in [7, 11) is 0. The fourth-order valence-corrected chi connectivity index (χ4v) is 1.18. The van der Waals surface area contributed by atoms with Gasteiger partial charge in [0.1, 0.15) is 5.04 Å². The van der Waals surface area contributed by atoms with Crippen LogP contribution < -0.4 is 0 Å². The zero-order valence-corrected chi connectivity index (χ0v) is 5.15. The van der Waals surface area contributed by atoms with E-state index in [0.29, 0.717) is 11.5 Å². The van der Waals surface area contributed by atoms with Crippen molar-refractivity contribution < 1.29 is 8.76 Å². The van der Waals surface area contributed by atoms with Gasteiger partial charge in [-0.15, -0.1) is 0 Å². The molecule has 0 aromatic carbocycles. The molecule has 1 atom stereocenters. The number of hydrogen-bond donors (Lipinski definition) is 1. The van der Waals surface area contributed by atoms with E-state index in [4.69, 9.17) is 4.55 Å². The van der Waals surface area contributed by atoms with Gasteiger partial charge in [0, 0.05) is 13.0 Å². The molecule has 1 N–H and O–H groups in total. The summed E-state index contributed by atoms with van der Waals surface area (Å²) in [6.07, 6.45) is 1.63. The first-order valence-corrected chi connectivity index (χ1v) is 3.55. The van der Waals surface area contributed by atoms with Gasteiger partial charge >= 0.3 is 0 Å². The fraction of sp³-hybridized carbons (Fsp3) is 0.750. The summed E-state index contributed by atoms with van der Waals surface area (Å²) in [5, 5.41) is 0.449. The molecule has 0 saturated carbocycles. The Morgan fingerprint density at radius 2 is 2.50 bits per heavy atom. The maximum atomic E-state index is 10.2. The lowest BCUT2D eigenvalue weighted by Gasteiger charge is -1.86. The van der Waals surface area contributed by atoms with Crippen LogP contribution in [0.2, 0.25) is 0 Å². The van der Waals surface area contributed by atoms with E-state index in [1.807, 2.05) is 0 Å². The first-order valence-electron chi connectivity index (χ1n) is 2.45. The van der Waals surface area contributed by atoms with Gasteiger partial charge in [-0.25, -0.2) is 4.21 Å². The number of hydrogen-bond acceptors (Lipinski definition) is 2. The van der Waals surface area contributed by atoms with Crippen LogP contribution in [0.25, 0.3) is 0 Å². The molecule has 0 aromatic rings. The van der Waals surface area contributed by atoms with E-state index in [0.717, 1.165) is 13.0 Å². The van der Waals surface area contributed by atoms with Crippen molar-refractivity contribution in [3.63, 3.8) is 0 Å². The van der Waals surface area contributed by atoms with E-state index >= 15 is 0 Å². The van der Waals surface area contributed by atoms with Crippen molar-refractivity contribution in [1.82, 2.24) is 0 Å². The van der Waals surface area contributed by atoms with Gasteiger partial charge in [0.2, 0.25) is 11.1 Å². The standard InChI is InChI=1S/C4H7NO2S/c6-8(7)4-2-1-3-5-4/h1-3H2,(H,6,7). The van der Waals surface area contributed by atoms with Gasteiger partial charge in [-0.1, -0.05) is 0 Å². The highest BCUT2D eigenvalue weighted by Gasteiger charge is 2.10. The normalized spacial score (nSPS) is 22.9. The van der Waals surface area contributed by atoms with E-state index in [1.54, 1.807) is 0 Å². The summed E-state index contributed by atoms with van der Waals surface area (Å²) in [4.78, 5) is 3.80. The Morgan fingerprint density at radius 3 is 2.75 bits per heavy atom. The topological polar surface area (TPSA) is 49.7 Å². The lowest BCUT2D eigenvalue weighted by atomic mass is 10.4. The molecule has 1 rings (SSSR count). The minimum Gasteiger partial charge on any atom is -0.301 e. The molecule has 8 heavy (non-hydrogen) atoms. The molecule has 0 saturated heterocycles. The number of aliphatic imine (C=N–C) groups is 1. The molecule has 1 heterocycles. The minimum absolute atomic E-state index is 0.449. The quantitative estimate of drug-likeness (QED) is 0.486. The van der Waals surface area contributed by atoms with Crippen molar-refractivity contribution in [2.45, 2.75) is 12.8 Å². The second-order valence-electron chi connectivity index (χ2n) is 1.63. The maximum absolute atomic E-state index is 10.2. The highest BCUT2D eigenvalue weighted by Crippen LogP contribution is 2.04. The molecule has 0 aromatic heterocycles. The summed E-state index contributed by atoms with van der Waals surface area (Å²) in [5.74, 6) is 0. The van der Waals surface area contributed by atoms with Gasteiger partial charge in [-0.2, -0.15) is 0 Å². The molecule has 1 aliphatic rings. The molecule has 1 unspecified atom stereocenters. The Balaban J connectivity index is 2.57. The second-order valence-corrected chi connectivity index (χ2v) is 2.60. The number of nitrogens with zero attached hydrogens (tertiary/aromatic N) is 1. The first kappa shape index (κ1) is 5.91. The molecule has 0 bridgehead atoms. The van der Waals surface area contributed by atoms with Crippen molar-refractivity contribution >= 4 is 16.1 Å². The van der Waals surface area contributed by atoms with Crippen LogP contribution in [0.5, 0.6) is 0 Å². The van der Waals surface area contributed by atoms with Crippen molar-refractivity contribution in [3.05, 3.63) is 0 Å². The summed E-state index contributed by atoms with van der Waals surface area (Å²) >= 11 is -1.79. The molecule has 1 aliphatic heterocycles. The second kappa shape index (κ2) is 2.37. The van der Waals surface area contributed by atoms with Crippen LogP contribution in [-0.2, 0) is 11.1 Å². The lowest BCUT2D eigenvalue weighted by molar-refractivity contribution is 0.576. The molecule has 0 amide bonds. The molecule has 0 aliphatic carbocycles. The third-order valence-corrected chi connectivity index (χ3v) is 1.77. The van der Waals surface area contributed by atoms with E-state index in [2.05, 4.69) is 4.99 Å². The fourth-order valence-electron chi connectivity index (χ4n) is 0.656. The van der Waals surface area contributed by atoms with Crippen molar-refractivity contribution in [2.75, 3.05) is 6.54 Å². The van der Waals surface area contributed by atoms with Crippen LogP contribution in [0.1, 0.15) is 12.8 Å². The third-order valence-electron chi connectivity index (χ3n) is 1.04. The van der Waals surface area contributed by atoms with Crippen molar-refractivity contribution in [3.8, 4) is 0 Å². The average Bonchev–Trinajstić information content (AvgIpc) is 2.12. The Labute approximate surface area is 50.1 Å². The van der Waals surface area contributed by atoms with Crippen LogP contribution in [0.4, 0.5) is 0 Å². The Kier molecular flexibility index (Phi) is 1.75. The van der Waals surface area contributed by atoms with Crippen molar-refractivity contribution in [2.24, 2.45) is 4.99 Å². The molecule has 0 fully saturated rings. The maximum Gasteiger partial charge on any atom is 0.200 e. The Bertz CT molecular complexity index is 143. The largest absolute Gasteiger partial charge is 0.301 e. The molecule has 4 heteroatoms. The third kappa shape index (κ3) is 1.14. The van der Waals surface area contributed by atoms with Gasteiger partial charge < -0.3 is 4.55 Å². The van der Waals surface area contributed by atoms with Gasteiger partial charge in [0.25, 0.3) is 0 Å². The summed E-state index contributed by atoms with van der Waals surface area (Å²) in [5.41, 5.74) is 0. The molecule has 3 nitrogen and oxygen atoms in total. The SMILES string of the molecule is O=S(O)C1=NCCC1. The van der Waals surface area contributed by atoms with Crippen LogP contribution in [0, 0.1) is 0 Å². The Morgan fingerprint density at radius 1 is 1.75 bits per heavy atom. The molecule has 46 valence electrons. The van der Waals surface area contributed by atoms with Gasteiger partial charge in [0.05, 0.1) is 0 Å². The van der Waals surface area contributed by atoms with Crippen LogP contribution >= 0.6 is 0 Å². The first-order chi connectivity index (χ1) is 3.80. The van der Waals surface area contributed by atoms with Gasteiger partial charge in [-0.3, -0.25) is 4.99 Å². The average molecular weight is 133 g/mol. The predicted octanol–water partition coefficient (Wildman–Crippen LogP) is 0.400. The minimum atomic E-state index is -1.79. The molecular weight excluding hydrogens is 126 g/mol. The van der Waals surface area contributed by atoms with Crippen molar-refractivity contribution in [1.29, 1.82) is 0 Å².